The van der Waals surface area contributed by atoms with Crippen molar-refractivity contribution < 1.29 is 9.90 Å². The molecule has 6 rings (SSSR count). The van der Waals surface area contributed by atoms with E-state index >= 15 is 0 Å². The Hall–Kier alpha value is -1.67. The monoisotopic (exact) mass is 477 g/mol. The van der Waals surface area contributed by atoms with Crippen LogP contribution in [0.2, 0.25) is 0 Å². The Bertz CT molecular complexity index is 1070. The molecule has 5 nitrogen and oxygen atoms in total. The first kappa shape index (κ1) is 23.7. The van der Waals surface area contributed by atoms with Gasteiger partial charge in [0.2, 0.25) is 0 Å². The number of carbonyl (C=O) groups excluding carboxylic acids is 1. The van der Waals surface area contributed by atoms with E-state index in [4.69, 9.17) is 0 Å². The zero-order valence-electron chi connectivity index (χ0n) is 22.2. The summed E-state index contributed by atoms with van der Waals surface area (Å²) in [7, 11) is 0. The third-order valence-corrected chi connectivity index (χ3v) is 11.9. The van der Waals surface area contributed by atoms with Crippen LogP contribution < -0.4 is 0 Å². The number of ketones is 1. The lowest BCUT2D eigenvalue weighted by Crippen LogP contribution is -2.52. The van der Waals surface area contributed by atoms with Crippen LogP contribution in [-0.2, 0) is 16.8 Å². The van der Waals surface area contributed by atoms with Gasteiger partial charge >= 0.3 is 0 Å². The Morgan fingerprint density at radius 1 is 1.17 bits per heavy atom. The molecule has 1 unspecified atom stereocenters. The molecule has 190 valence electrons. The van der Waals surface area contributed by atoms with E-state index in [0.717, 1.165) is 42.1 Å². The lowest BCUT2D eigenvalue weighted by Gasteiger charge is -2.58. The van der Waals surface area contributed by atoms with Gasteiger partial charge in [-0.2, -0.15) is 10.4 Å². The van der Waals surface area contributed by atoms with Gasteiger partial charge in [-0.05, 0) is 118 Å². The molecule has 0 saturated heterocycles. The second-order valence-electron chi connectivity index (χ2n) is 14.3. The number of nitriles is 1. The highest BCUT2D eigenvalue weighted by molar-refractivity contribution is 5.83. The van der Waals surface area contributed by atoms with Gasteiger partial charge in [0.05, 0.1) is 29.8 Å². The zero-order valence-corrected chi connectivity index (χ0v) is 22.2. The van der Waals surface area contributed by atoms with E-state index in [1.165, 1.54) is 32.1 Å². The van der Waals surface area contributed by atoms with Gasteiger partial charge in [-0.3, -0.25) is 9.48 Å². The molecule has 11 atom stereocenters. The van der Waals surface area contributed by atoms with Crippen LogP contribution in [0.25, 0.3) is 0 Å². The SMILES string of the molecule is C[C@H]1[C@H]2C3[C@@H]4CC[C@@H]5C[C@](C)(O)CC[C@@H]5[C@H]4CC[C@]3(C)[C@@H](C(=O)Cn3cc(C(C)(C)C#N)cn3)[C@@H]12. The van der Waals surface area contributed by atoms with Crippen LogP contribution in [0.1, 0.15) is 85.1 Å². The lowest BCUT2D eigenvalue weighted by molar-refractivity contribution is -0.137. The molecule has 1 aromatic rings. The van der Waals surface area contributed by atoms with Crippen LogP contribution in [0.5, 0.6) is 0 Å². The minimum Gasteiger partial charge on any atom is -0.390 e. The maximum atomic E-state index is 13.9. The normalized spacial score (nSPS) is 48.2. The second-order valence-corrected chi connectivity index (χ2v) is 14.3. The van der Waals surface area contributed by atoms with Crippen LogP contribution in [0.15, 0.2) is 12.4 Å². The highest BCUT2D eigenvalue weighted by Crippen LogP contribution is 2.76. The maximum absolute atomic E-state index is 13.9. The highest BCUT2D eigenvalue weighted by Gasteiger charge is 2.73. The summed E-state index contributed by atoms with van der Waals surface area (Å²) in [5.74, 6) is 6.17. The average Bonchev–Trinajstić information content (AvgIpc) is 3.14. The van der Waals surface area contributed by atoms with Gasteiger partial charge in [-0.1, -0.05) is 13.8 Å². The second kappa shape index (κ2) is 7.67. The maximum Gasteiger partial charge on any atom is 0.158 e. The number of nitrogens with zero attached hydrogens (tertiary/aromatic N) is 3. The van der Waals surface area contributed by atoms with Crippen LogP contribution in [0.3, 0.4) is 0 Å². The zero-order chi connectivity index (χ0) is 24.9. The van der Waals surface area contributed by atoms with Gasteiger partial charge in [-0.15, -0.1) is 0 Å². The Labute approximate surface area is 210 Å². The molecule has 0 spiro atoms. The molecule has 5 saturated carbocycles. The van der Waals surface area contributed by atoms with E-state index in [1.54, 1.807) is 10.9 Å². The molecule has 0 aromatic carbocycles. The Morgan fingerprint density at radius 2 is 1.91 bits per heavy atom. The van der Waals surface area contributed by atoms with Crippen molar-refractivity contribution in [2.24, 2.45) is 58.7 Å². The molecule has 1 aromatic heterocycles. The molecule has 35 heavy (non-hydrogen) atoms. The number of aliphatic hydroxyl groups is 1. The topological polar surface area (TPSA) is 78.9 Å². The van der Waals surface area contributed by atoms with Crippen molar-refractivity contribution in [2.45, 2.75) is 97.1 Å². The molecule has 5 aliphatic carbocycles. The number of hydrogen-bond donors (Lipinski definition) is 1. The van der Waals surface area contributed by atoms with Crippen molar-refractivity contribution in [3.63, 3.8) is 0 Å². The first-order valence-corrected chi connectivity index (χ1v) is 14.2. The summed E-state index contributed by atoms with van der Waals surface area (Å²) in [5.41, 5.74) is -0.0575. The van der Waals surface area contributed by atoms with E-state index in [-0.39, 0.29) is 11.3 Å². The van der Waals surface area contributed by atoms with E-state index < -0.39 is 11.0 Å². The van der Waals surface area contributed by atoms with Gasteiger partial charge in [0.15, 0.2) is 5.78 Å². The molecule has 5 fully saturated rings. The van der Waals surface area contributed by atoms with Crippen LogP contribution in [-0.4, -0.2) is 26.3 Å². The minimum atomic E-state index is -0.592. The van der Waals surface area contributed by atoms with Gasteiger partial charge in [0.1, 0.15) is 0 Å². The fraction of sp³-hybridized carbons (Fsp3) is 0.833. The number of rotatable bonds is 4. The van der Waals surface area contributed by atoms with Crippen molar-refractivity contribution in [3.05, 3.63) is 18.0 Å². The molecule has 1 N–H and O–H groups in total. The standard InChI is InChI=1S/C30H43N3O2/c1-17-24-25(17)27(23(34)15-33-14-19(13-32-33)28(2,3)16-31)30(5)11-9-21-20-8-10-29(4,35)12-18(20)6-7-22(21)26(24)30/h13-14,17-18,20-22,24-27,35H,6-12,15H2,1-5H3/t17-,18+,20-,21+,22+,24+,25-,26?,27-,29+,30-/m0/s1. The van der Waals surface area contributed by atoms with Gasteiger partial charge in [0.25, 0.3) is 0 Å². The molecule has 0 bridgehead atoms. The Kier molecular flexibility index (Phi) is 5.20. The predicted octanol–water partition coefficient (Wildman–Crippen LogP) is 5.38. The van der Waals surface area contributed by atoms with E-state index in [2.05, 4.69) is 25.0 Å². The molecule has 5 heteroatoms. The number of carbonyl (C=O) groups is 1. The summed E-state index contributed by atoms with van der Waals surface area (Å²) >= 11 is 0. The lowest BCUT2D eigenvalue weighted by atomic mass is 9.47. The predicted molar refractivity (Wildman–Crippen MR) is 134 cm³/mol. The van der Waals surface area contributed by atoms with Crippen LogP contribution >= 0.6 is 0 Å². The number of Topliss-reactive ketones (excluding diaryl/α,β-unsaturated/α-hetero) is 1. The number of hydrogen-bond acceptors (Lipinski definition) is 4. The van der Waals surface area contributed by atoms with Crippen molar-refractivity contribution in [1.82, 2.24) is 9.78 Å². The van der Waals surface area contributed by atoms with E-state index in [1.807, 2.05) is 27.0 Å². The fourth-order valence-electron chi connectivity index (χ4n) is 10.2. The Morgan fingerprint density at radius 3 is 2.66 bits per heavy atom. The Balaban J connectivity index is 1.22. The summed E-state index contributed by atoms with van der Waals surface area (Å²) in [5, 5.41) is 24.6. The fourth-order valence-corrected chi connectivity index (χ4v) is 10.2. The molecule has 0 radical (unpaired) electrons. The third kappa shape index (κ3) is 3.49. The summed E-state index contributed by atoms with van der Waals surface area (Å²) < 4.78 is 1.78. The molecule has 1 heterocycles. The summed E-state index contributed by atoms with van der Waals surface area (Å²) in [6.07, 6.45) is 11.8. The molecule has 0 aliphatic heterocycles. The molecular formula is C30H43N3O2. The summed E-state index contributed by atoms with van der Waals surface area (Å²) in [6.45, 7) is 11.0. The van der Waals surface area contributed by atoms with Crippen molar-refractivity contribution in [3.8, 4) is 6.07 Å². The van der Waals surface area contributed by atoms with Gasteiger partial charge in [0, 0.05) is 17.7 Å². The van der Waals surface area contributed by atoms with Gasteiger partial charge in [-0.25, -0.2) is 0 Å². The first-order chi connectivity index (χ1) is 16.5. The molecule has 0 amide bonds. The number of fused-ring (bicyclic) bond motifs is 7. The van der Waals surface area contributed by atoms with Crippen molar-refractivity contribution in [2.75, 3.05) is 0 Å². The van der Waals surface area contributed by atoms with E-state index in [9.17, 15) is 15.2 Å². The van der Waals surface area contributed by atoms with Crippen molar-refractivity contribution in [1.29, 1.82) is 5.26 Å². The quantitative estimate of drug-likeness (QED) is 0.632. The molecule has 5 aliphatic rings. The summed E-state index contributed by atoms with van der Waals surface area (Å²) in [6, 6.07) is 2.34. The first-order valence-electron chi connectivity index (χ1n) is 14.2. The third-order valence-electron chi connectivity index (χ3n) is 11.9. The highest BCUT2D eigenvalue weighted by atomic mass is 16.3. The largest absolute Gasteiger partial charge is 0.390 e. The minimum absolute atomic E-state index is 0.120. The van der Waals surface area contributed by atoms with Crippen LogP contribution in [0.4, 0.5) is 0 Å². The molecular weight excluding hydrogens is 434 g/mol. The van der Waals surface area contributed by atoms with Gasteiger partial charge < -0.3 is 5.11 Å². The van der Waals surface area contributed by atoms with E-state index in [0.29, 0.717) is 36.0 Å². The van der Waals surface area contributed by atoms with Crippen LogP contribution in [0, 0.1) is 70.0 Å². The summed E-state index contributed by atoms with van der Waals surface area (Å²) in [4.78, 5) is 13.9. The average molecular weight is 478 g/mol. The van der Waals surface area contributed by atoms with Crippen molar-refractivity contribution >= 4 is 5.78 Å². The number of aromatic nitrogens is 2. The smallest absolute Gasteiger partial charge is 0.158 e.